The predicted molar refractivity (Wildman–Crippen MR) is 89.8 cm³/mol. The highest BCUT2D eigenvalue weighted by Crippen LogP contribution is 2.35. The number of nitrogens with one attached hydrogen (secondary N) is 1. The molecule has 0 aliphatic carbocycles. The number of anilines is 2. The van der Waals surface area contributed by atoms with Crippen LogP contribution in [-0.2, 0) is 14.8 Å². The van der Waals surface area contributed by atoms with Crippen molar-refractivity contribution in [1.29, 1.82) is 0 Å². The molecule has 0 radical (unpaired) electrons. The lowest BCUT2D eigenvalue weighted by molar-refractivity contribution is -0.115. The smallest absolute Gasteiger partial charge is 0.254 e. The number of carbonyl (C=O) groups excluding carboxylic acids is 2. The van der Waals surface area contributed by atoms with Gasteiger partial charge in [0.1, 0.15) is 0 Å². The summed E-state index contributed by atoms with van der Waals surface area (Å²) in [4.78, 5) is 25.1. The van der Waals surface area contributed by atoms with E-state index in [2.05, 4.69) is 5.32 Å². The van der Waals surface area contributed by atoms with Gasteiger partial charge < -0.3 is 5.32 Å². The molecule has 23 heavy (non-hydrogen) atoms. The van der Waals surface area contributed by atoms with Crippen molar-refractivity contribution in [2.24, 2.45) is 0 Å². The average molecular weight is 371 g/mol. The molecule has 0 saturated carbocycles. The number of thiophene rings is 1. The largest absolute Gasteiger partial charge is 0.324 e. The van der Waals surface area contributed by atoms with Gasteiger partial charge in [0.15, 0.2) is 0 Å². The van der Waals surface area contributed by atoms with Gasteiger partial charge in [-0.2, -0.15) is 0 Å². The Morgan fingerprint density at radius 1 is 1.26 bits per heavy atom. The van der Waals surface area contributed by atoms with Crippen LogP contribution < -0.4 is 9.62 Å². The fourth-order valence-electron chi connectivity index (χ4n) is 2.28. The number of hydrogen-bond acceptors (Lipinski definition) is 5. The van der Waals surface area contributed by atoms with E-state index < -0.39 is 27.0 Å². The number of fused-ring (bicyclic) bond motifs is 1. The number of amides is 1. The first kappa shape index (κ1) is 16.0. The highest BCUT2D eigenvalue weighted by Gasteiger charge is 2.48. The molecule has 1 atom stereocenters. The van der Waals surface area contributed by atoms with Gasteiger partial charge in [-0.1, -0.05) is 11.6 Å². The van der Waals surface area contributed by atoms with Crippen LogP contribution in [-0.4, -0.2) is 32.4 Å². The molecular weight excluding hydrogens is 360 g/mol. The molecule has 1 aromatic heterocycles. The van der Waals surface area contributed by atoms with Crippen molar-refractivity contribution in [3.63, 3.8) is 0 Å². The summed E-state index contributed by atoms with van der Waals surface area (Å²) < 4.78 is 26.0. The van der Waals surface area contributed by atoms with Gasteiger partial charge in [0, 0.05) is 17.8 Å². The molecule has 120 valence electrons. The van der Waals surface area contributed by atoms with Crippen LogP contribution in [0.4, 0.5) is 11.4 Å². The number of benzene rings is 1. The lowest BCUT2D eigenvalue weighted by Gasteiger charge is -2.29. The van der Waals surface area contributed by atoms with Crippen molar-refractivity contribution in [2.45, 2.75) is 5.25 Å². The average Bonchev–Trinajstić information content (AvgIpc) is 2.97. The summed E-state index contributed by atoms with van der Waals surface area (Å²) in [5.74, 6) is -1.59. The first-order valence-electron chi connectivity index (χ1n) is 6.48. The van der Waals surface area contributed by atoms with Gasteiger partial charge in [0.05, 0.1) is 10.6 Å². The number of sulfonamides is 1. The Labute approximate surface area is 141 Å². The number of ketones is 1. The lowest BCUT2D eigenvalue weighted by Crippen LogP contribution is -2.51. The van der Waals surface area contributed by atoms with Crippen LogP contribution in [0.2, 0.25) is 5.02 Å². The highest BCUT2D eigenvalue weighted by atomic mass is 35.5. The fraction of sp³-hybridized carbons (Fsp3) is 0.143. The zero-order valence-electron chi connectivity index (χ0n) is 11.8. The summed E-state index contributed by atoms with van der Waals surface area (Å²) in [6, 6.07) is 7.71. The molecule has 1 N–H and O–H groups in total. The molecule has 6 nitrogen and oxygen atoms in total. The molecule has 1 unspecified atom stereocenters. The van der Waals surface area contributed by atoms with E-state index in [0.29, 0.717) is 16.4 Å². The number of halogens is 1. The molecule has 2 heterocycles. The molecule has 1 aromatic carbocycles. The van der Waals surface area contributed by atoms with Crippen LogP contribution in [0.25, 0.3) is 0 Å². The van der Waals surface area contributed by atoms with Crippen LogP contribution in [0.15, 0.2) is 35.7 Å². The Hall–Kier alpha value is -1.90. The minimum absolute atomic E-state index is 0.263. The van der Waals surface area contributed by atoms with Crippen molar-refractivity contribution in [3.05, 3.63) is 45.6 Å². The molecule has 1 amide bonds. The predicted octanol–water partition coefficient (Wildman–Crippen LogP) is 2.37. The third kappa shape index (κ3) is 2.62. The molecule has 0 bridgehead atoms. The van der Waals surface area contributed by atoms with Crippen LogP contribution in [0, 0.1) is 0 Å². The van der Waals surface area contributed by atoms with Gasteiger partial charge in [0.2, 0.25) is 11.0 Å². The molecule has 0 fully saturated rings. The minimum Gasteiger partial charge on any atom is -0.324 e. The van der Waals surface area contributed by atoms with Crippen molar-refractivity contribution < 1.29 is 18.0 Å². The van der Waals surface area contributed by atoms with Crippen molar-refractivity contribution in [1.82, 2.24) is 0 Å². The topological polar surface area (TPSA) is 83.6 Å². The van der Waals surface area contributed by atoms with Gasteiger partial charge in [-0.3, -0.25) is 13.9 Å². The number of Topliss-reactive ketones (excluding diaryl/α,β-unsaturated/α-hetero) is 1. The summed E-state index contributed by atoms with van der Waals surface area (Å²) in [5.41, 5.74) is 0.664. The van der Waals surface area contributed by atoms with Crippen molar-refractivity contribution in [3.8, 4) is 0 Å². The Morgan fingerprint density at radius 3 is 2.57 bits per heavy atom. The Morgan fingerprint density at radius 2 is 1.91 bits per heavy atom. The molecule has 1 aliphatic rings. The second-order valence-electron chi connectivity index (χ2n) is 4.89. The van der Waals surface area contributed by atoms with E-state index in [-0.39, 0.29) is 4.88 Å². The molecule has 1 aliphatic heterocycles. The number of rotatable bonds is 2. The van der Waals surface area contributed by atoms with Crippen LogP contribution >= 0.6 is 22.9 Å². The molecule has 0 saturated heterocycles. The summed E-state index contributed by atoms with van der Waals surface area (Å²) >= 11 is 6.87. The van der Waals surface area contributed by atoms with Gasteiger partial charge in [-0.05, 0) is 35.7 Å². The van der Waals surface area contributed by atoms with Crippen molar-refractivity contribution in [2.75, 3.05) is 16.7 Å². The standard InChI is InChI=1S/C14H11ClN2O4S2/c1-17-10-6-7-22-12(10)11(18)13(23(17,20)21)14(19)16-9-4-2-8(15)3-5-9/h2-7,13H,1H3,(H,16,19). The summed E-state index contributed by atoms with van der Waals surface area (Å²) in [7, 11) is -2.78. The highest BCUT2D eigenvalue weighted by molar-refractivity contribution is 7.95. The molecule has 0 spiro atoms. The zero-order valence-corrected chi connectivity index (χ0v) is 14.2. The van der Waals surface area contributed by atoms with Crippen LogP contribution in [0.1, 0.15) is 9.67 Å². The van der Waals surface area contributed by atoms with Crippen LogP contribution in [0.5, 0.6) is 0 Å². The van der Waals surface area contributed by atoms with E-state index in [0.717, 1.165) is 15.6 Å². The zero-order chi connectivity index (χ0) is 16.8. The normalized spacial score (nSPS) is 19.3. The molecule has 3 rings (SSSR count). The maximum absolute atomic E-state index is 12.5. The second kappa shape index (κ2) is 5.63. The number of nitrogens with zero attached hydrogens (tertiary/aromatic N) is 1. The fourth-order valence-corrected chi connectivity index (χ4v) is 4.89. The van der Waals surface area contributed by atoms with E-state index >= 15 is 0 Å². The Kier molecular flexibility index (Phi) is 3.91. The molecular formula is C14H11ClN2O4S2. The Bertz CT molecular complexity index is 890. The molecule has 9 heteroatoms. The summed E-state index contributed by atoms with van der Waals surface area (Å²) in [6.07, 6.45) is 0. The van der Waals surface area contributed by atoms with E-state index in [9.17, 15) is 18.0 Å². The van der Waals surface area contributed by atoms with Crippen molar-refractivity contribution >= 4 is 56.0 Å². The van der Waals surface area contributed by atoms with E-state index in [1.807, 2.05) is 0 Å². The SMILES string of the molecule is CN1c2ccsc2C(=O)C(C(=O)Nc2ccc(Cl)cc2)S1(=O)=O. The van der Waals surface area contributed by atoms with E-state index in [1.54, 1.807) is 23.6 Å². The number of hydrogen-bond donors (Lipinski definition) is 1. The van der Waals surface area contributed by atoms with Gasteiger partial charge >= 0.3 is 0 Å². The Balaban J connectivity index is 1.96. The monoisotopic (exact) mass is 370 g/mol. The first-order valence-corrected chi connectivity index (χ1v) is 9.24. The third-order valence-corrected chi connectivity index (χ3v) is 6.63. The number of carbonyl (C=O) groups is 2. The minimum atomic E-state index is -4.11. The summed E-state index contributed by atoms with van der Waals surface area (Å²) in [6.45, 7) is 0. The third-order valence-electron chi connectivity index (χ3n) is 3.48. The maximum Gasteiger partial charge on any atom is 0.254 e. The second-order valence-corrected chi connectivity index (χ2v) is 8.29. The lowest BCUT2D eigenvalue weighted by atomic mass is 10.2. The van der Waals surface area contributed by atoms with Gasteiger partial charge in [0.25, 0.3) is 15.9 Å². The van der Waals surface area contributed by atoms with E-state index in [1.165, 1.54) is 19.2 Å². The van der Waals surface area contributed by atoms with Gasteiger partial charge in [-0.15, -0.1) is 11.3 Å². The van der Waals surface area contributed by atoms with E-state index in [4.69, 9.17) is 11.6 Å². The van der Waals surface area contributed by atoms with Gasteiger partial charge in [-0.25, -0.2) is 8.42 Å². The quantitative estimate of drug-likeness (QED) is 0.822. The first-order chi connectivity index (χ1) is 10.8. The van der Waals surface area contributed by atoms with Crippen LogP contribution in [0.3, 0.4) is 0 Å². The molecule has 2 aromatic rings. The summed E-state index contributed by atoms with van der Waals surface area (Å²) in [5, 5.41) is 2.75. The maximum atomic E-state index is 12.5.